The van der Waals surface area contributed by atoms with Gasteiger partial charge in [0, 0.05) is 13.1 Å². The second-order valence-corrected chi connectivity index (χ2v) is 6.48. The van der Waals surface area contributed by atoms with Crippen LogP contribution in [0.3, 0.4) is 0 Å². The lowest BCUT2D eigenvalue weighted by atomic mass is 10.2. The number of aromatic nitrogens is 1. The van der Waals surface area contributed by atoms with Gasteiger partial charge in [0.1, 0.15) is 15.6 Å². The molecule has 0 aromatic carbocycles. The Morgan fingerprint density at radius 3 is 2.56 bits per heavy atom. The van der Waals surface area contributed by atoms with Crippen LogP contribution in [-0.2, 0) is 4.74 Å². The third kappa shape index (κ3) is 2.95. The van der Waals surface area contributed by atoms with Gasteiger partial charge in [-0.3, -0.25) is 0 Å². The van der Waals surface area contributed by atoms with E-state index in [4.69, 9.17) is 16.3 Å². The zero-order chi connectivity index (χ0) is 13.3. The van der Waals surface area contributed by atoms with Crippen LogP contribution >= 0.6 is 23.1 Å². The maximum Gasteiger partial charge on any atom is 0.360 e. The van der Waals surface area contributed by atoms with E-state index in [9.17, 15) is 4.79 Å². The molecular formula is C12H17ClN2O2S. The normalized spacial score (nSPS) is 16.1. The molecule has 2 heterocycles. The van der Waals surface area contributed by atoms with Gasteiger partial charge in [-0.05, 0) is 45.1 Å². The smallest absolute Gasteiger partial charge is 0.360 e. The molecule has 2 rings (SSSR count). The highest BCUT2D eigenvalue weighted by atomic mass is 35.5. The summed E-state index contributed by atoms with van der Waals surface area (Å²) in [4.78, 5) is 14.1. The van der Waals surface area contributed by atoms with E-state index >= 15 is 0 Å². The fourth-order valence-corrected chi connectivity index (χ4v) is 3.05. The van der Waals surface area contributed by atoms with Gasteiger partial charge in [0.15, 0.2) is 5.69 Å². The molecule has 0 spiro atoms. The third-order valence-electron chi connectivity index (χ3n) is 2.60. The predicted octanol–water partition coefficient (Wildman–Crippen LogP) is 3.35. The van der Waals surface area contributed by atoms with E-state index < -0.39 is 11.6 Å². The Kier molecular flexibility index (Phi) is 3.82. The summed E-state index contributed by atoms with van der Waals surface area (Å²) in [7, 11) is 0. The number of carbonyl (C=O) groups is 1. The first-order chi connectivity index (χ1) is 8.38. The molecule has 0 saturated carbocycles. The largest absolute Gasteiger partial charge is 0.455 e. The summed E-state index contributed by atoms with van der Waals surface area (Å²) in [5, 5.41) is 1.31. The van der Waals surface area contributed by atoms with Crippen molar-refractivity contribution in [3.63, 3.8) is 0 Å². The van der Waals surface area contributed by atoms with E-state index in [1.54, 1.807) is 0 Å². The van der Waals surface area contributed by atoms with Crippen molar-refractivity contribution in [3.05, 3.63) is 10.7 Å². The van der Waals surface area contributed by atoms with Crippen molar-refractivity contribution in [1.29, 1.82) is 0 Å². The van der Waals surface area contributed by atoms with Crippen LogP contribution in [0.2, 0.25) is 5.02 Å². The van der Waals surface area contributed by atoms with Gasteiger partial charge in [0.2, 0.25) is 0 Å². The molecule has 0 N–H and O–H groups in total. The first-order valence-electron chi connectivity index (χ1n) is 6.02. The number of anilines is 1. The second-order valence-electron chi connectivity index (χ2n) is 5.35. The van der Waals surface area contributed by atoms with Crippen LogP contribution in [0, 0.1) is 0 Å². The lowest BCUT2D eigenvalue weighted by molar-refractivity contribution is 0.00645. The molecule has 1 fully saturated rings. The van der Waals surface area contributed by atoms with Crippen LogP contribution in [0.15, 0.2) is 0 Å². The van der Waals surface area contributed by atoms with Gasteiger partial charge in [0.05, 0.1) is 0 Å². The van der Waals surface area contributed by atoms with Crippen molar-refractivity contribution in [2.45, 2.75) is 39.2 Å². The highest BCUT2D eigenvalue weighted by molar-refractivity contribution is 7.11. The molecule has 0 unspecified atom stereocenters. The Balaban J connectivity index is 2.17. The monoisotopic (exact) mass is 288 g/mol. The number of nitrogens with zero attached hydrogens (tertiary/aromatic N) is 2. The molecule has 0 bridgehead atoms. The van der Waals surface area contributed by atoms with Gasteiger partial charge in [-0.25, -0.2) is 4.79 Å². The van der Waals surface area contributed by atoms with E-state index in [0.717, 1.165) is 30.9 Å². The molecule has 4 nitrogen and oxygen atoms in total. The molecule has 1 saturated heterocycles. The van der Waals surface area contributed by atoms with Crippen molar-refractivity contribution < 1.29 is 9.53 Å². The van der Waals surface area contributed by atoms with Gasteiger partial charge >= 0.3 is 5.97 Å². The summed E-state index contributed by atoms with van der Waals surface area (Å²) in [5.74, 6) is -0.450. The highest BCUT2D eigenvalue weighted by Crippen LogP contribution is 2.36. The molecule has 1 aliphatic rings. The Hall–Kier alpha value is -0.810. The van der Waals surface area contributed by atoms with Gasteiger partial charge in [-0.2, -0.15) is 4.37 Å². The standard InChI is InChI=1S/C12H17ClN2O2S/c1-12(2,3)17-11(16)9-8(13)10(18-14-9)15-6-4-5-7-15/h4-7H2,1-3H3. The summed E-state index contributed by atoms with van der Waals surface area (Å²) in [6.07, 6.45) is 2.33. The average Bonchev–Trinajstić information content (AvgIpc) is 2.82. The van der Waals surface area contributed by atoms with E-state index in [1.807, 2.05) is 20.8 Å². The van der Waals surface area contributed by atoms with Gasteiger partial charge < -0.3 is 9.64 Å². The maximum absolute atomic E-state index is 11.9. The molecule has 100 valence electrons. The quantitative estimate of drug-likeness (QED) is 0.783. The molecule has 1 aromatic heterocycles. The van der Waals surface area contributed by atoms with Crippen LogP contribution in [0.4, 0.5) is 5.00 Å². The van der Waals surface area contributed by atoms with E-state index in [0.29, 0.717) is 5.02 Å². The number of hydrogen-bond donors (Lipinski definition) is 0. The molecule has 1 aromatic rings. The minimum atomic E-state index is -0.530. The number of halogens is 1. The molecule has 1 aliphatic heterocycles. The summed E-state index contributed by atoms with van der Waals surface area (Å²) < 4.78 is 9.42. The lowest BCUT2D eigenvalue weighted by Gasteiger charge is -2.19. The van der Waals surface area contributed by atoms with Crippen LogP contribution in [0.5, 0.6) is 0 Å². The summed E-state index contributed by atoms with van der Waals surface area (Å²) >= 11 is 7.50. The number of ether oxygens (including phenoxy) is 1. The fourth-order valence-electron chi connectivity index (χ4n) is 1.84. The van der Waals surface area contributed by atoms with Crippen LogP contribution in [-0.4, -0.2) is 29.0 Å². The highest BCUT2D eigenvalue weighted by Gasteiger charge is 2.27. The minimum Gasteiger partial charge on any atom is -0.455 e. The first-order valence-corrected chi connectivity index (χ1v) is 7.17. The SMILES string of the molecule is CC(C)(C)OC(=O)c1nsc(N2CCCC2)c1Cl. The third-order valence-corrected chi connectivity index (χ3v) is 3.98. The van der Waals surface area contributed by atoms with Crippen molar-refractivity contribution in [2.75, 3.05) is 18.0 Å². The summed E-state index contributed by atoms with van der Waals surface area (Å²) in [6.45, 7) is 7.44. The van der Waals surface area contributed by atoms with Crippen molar-refractivity contribution >= 4 is 34.1 Å². The maximum atomic E-state index is 11.9. The van der Waals surface area contributed by atoms with Crippen molar-refractivity contribution in [1.82, 2.24) is 4.37 Å². The number of hydrogen-bond acceptors (Lipinski definition) is 5. The molecule has 0 amide bonds. The summed E-state index contributed by atoms with van der Waals surface area (Å²) in [6, 6.07) is 0. The van der Waals surface area contributed by atoms with Gasteiger partial charge in [-0.15, -0.1) is 0 Å². The number of esters is 1. The minimum absolute atomic E-state index is 0.235. The van der Waals surface area contributed by atoms with Gasteiger partial charge in [0.25, 0.3) is 0 Å². The fraction of sp³-hybridized carbons (Fsp3) is 0.667. The second kappa shape index (κ2) is 5.05. The average molecular weight is 289 g/mol. The zero-order valence-electron chi connectivity index (χ0n) is 10.8. The van der Waals surface area contributed by atoms with E-state index in [-0.39, 0.29) is 5.69 Å². The summed E-state index contributed by atoms with van der Waals surface area (Å²) in [5.41, 5.74) is -0.295. The van der Waals surface area contributed by atoms with Crippen LogP contribution < -0.4 is 4.90 Å². The molecule has 0 aliphatic carbocycles. The molecule has 0 radical (unpaired) electrons. The lowest BCUT2D eigenvalue weighted by Crippen LogP contribution is -2.24. The predicted molar refractivity (Wildman–Crippen MR) is 73.7 cm³/mol. The first kappa shape index (κ1) is 13.6. The van der Waals surface area contributed by atoms with Crippen LogP contribution in [0.25, 0.3) is 0 Å². The molecule has 0 atom stereocenters. The van der Waals surface area contributed by atoms with Crippen LogP contribution in [0.1, 0.15) is 44.1 Å². The molecule has 6 heteroatoms. The Bertz CT molecular complexity index is 447. The molecule has 18 heavy (non-hydrogen) atoms. The van der Waals surface area contributed by atoms with Gasteiger partial charge in [-0.1, -0.05) is 11.6 Å². The van der Waals surface area contributed by atoms with Crippen molar-refractivity contribution in [2.24, 2.45) is 0 Å². The molecular weight excluding hydrogens is 272 g/mol. The Labute approximate surface area is 116 Å². The van der Waals surface area contributed by atoms with E-state index in [2.05, 4.69) is 9.27 Å². The number of rotatable bonds is 2. The Morgan fingerprint density at radius 1 is 1.39 bits per heavy atom. The topological polar surface area (TPSA) is 42.4 Å². The zero-order valence-corrected chi connectivity index (χ0v) is 12.4. The van der Waals surface area contributed by atoms with Crippen molar-refractivity contribution in [3.8, 4) is 0 Å². The number of carbonyl (C=O) groups excluding carboxylic acids is 1. The van der Waals surface area contributed by atoms with E-state index in [1.165, 1.54) is 11.5 Å². The Morgan fingerprint density at radius 2 is 2.00 bits per heavy atom.